The number of hydrogen-bond acceptors (Lipinski definition) is 3. The van der Waals surface area contributed by atoms with Gasteiger partial charge in [0, 0.05) is 29.6 Å². The first-order valence-electron chi connectivity index (χ1n) is 8.80. The smallest absolute Gasteiger partial charge is 0.274 e. The molecule has 6 heteroatoms. The van der Waals surface area contributed by atoms with E-state index in [0.29, 0.717) is 11.3 Å². The van der Waals surface area contributed by atoms with Gasteiger partial charge in [-0.05, 0) is 49.2 Å². The van der Waals surface area contributed by atoms with Gasteiger partial charge in [-0.15, -0.1) is 0 Å². The van der Waals surface area contributed by atoms with Crippen molar-refractivity contribution in [2.24, 2.45) is 0 Å². The fourth-order valence-corrected chi connectivity index (χ4v) is 2.67. The van der Waals surface area contributed by atoms with E-state index >= 15 is 0 Å². The van der Waals surface area contributed by atoms with E-state index in [1.807, 2.05) is 32.0 Å². The minimum absolute atomic E-state index is 0.0534. The highest BCUT2D eigenvalue weighted by atomic mass is 19.1. The molecule has 0 aliphatic rings. The monoisotopic (exact) mass is 377 g/mol. The zero-order chi connectivity index (χ0) is 20.1. The third-order valence-electron chi connectivity index (χ3n) is 4.29. The molecule has 0 radical (unpaired) electrons. The Morgan fingerprint density at radius 3 is 2.57 bits per heavy atom. The Kier molecular flexibility index (Phi) is 5.79. The Hall–Kier alpha value is -3.54. The molecule has 0 spiro atoms. The van der Waals surface area contributed by atoms with Gasteiger partial charge in [0.25, 0.3) is 11.8 Å². The number of rotatable bonds is 5. The first-order valence-corrected chi connectivity index (χ1v) is 8.80. The lowest BCUT2D eigenvalue weighted by atomic mass is 10.1. The Labute approximate surface area is 162 Å². The number of halogens is 1. The highest BCUT2D eigenvalue weighted by molar-refractivity contribution is 6.05. The number of anilines is 1. The predicted octanol–water partition coefficient (Wildman–Crippen LogP) is 4.02. The molecule has 0 atom stereocenters. The zero-order valence-corrected chi connectivity index (χ0v) is 15.6. The van der Waals surface area contributed by atoms with E-state index in [0.717, 1.165) is 11.1 Å². The van der Waals surface area contributed by atoms with Crippen molar-refractivity contribution in [1.29, 1.82) is 0 Å². The molecule has 1 aromatic heterocycles. The minimum atomic E-state index is -0.411. The molecule has 0 aliphatic carbocycles. The Balaban J connectivity index is 1.70. The third kappa shape index (κ3) is 4.59. The van der Waals surface area contributed by atoms with Gasteiger partial charge in [0.2, 0.25) is 0 Å². The van der Waals surface area contributed by atoms with Crippen LogP contribution in [0.15, 0.2) is 60.8 Å². The van der Waals surface area contributed by atoms with Crippen molar-refractivity contribution < 1.29 is 14.0 Å². The van der Waals surface area contributed by atoms with Crippen LogP contribution in [0.2, 0.25) is 0 Å². The molecule has 28 heavy (non-hydrogen) atoms. The summed E-state index contributed by atoms with van der Waals surface area (Å²) < 4.78 is 13.7. The zero-order valence-electron chi connectivity index (χ0n) is 15.6. The number of amides is 2. The van der Waals surface area contributed by atoms with Crippen LogP contribution in [-0.4, -0.2) is 16.8 Å². The first kappa shape index (κ1) is 19.2. The van der Waals surface area contributed by atoms with Crippen LogP contribution < -0.4 is 10.6 Å². The summed E-state index contributed by atoms with van der Waals surface area (Å²) in [5.74, 6) is -1.20. The molecule has 2 amide bonds. The third-order valence-corrected chi connectivity index (χ3v) is 4.29. The summed E-state index contributed by atoms with van der Waals surface area (Å²) in [6, 6.07) is 14.9. The van der Waals surface area contributed by atoms with E-state index in [1.54, 1.807) is 18.2 Å². The molecular formula is C22H20FN3O2. The van der Waals surface area contributed by atoms with Crippen molar-refractivity contribution in [1.82, 2.24) is 10.3 Å². The molecule has 3 rings (SSSR count). The fourth-order valence-electron chi connectivity index (χ4n) is 2.67. The molecule has 142 valence electrons. The summed E-state index contributed by atoms with van der Waals surface area (Å²) >= 11 is 0. The average Bonchev–Trinajstić information content (AvgIpc) is 2.70. The Morgan fingerprint density at radius 2 is 1.79 bits per heavy atom. The van der Waals surface area contributed by atoms with E-state index in [1.165, 1.54) is 24.4 Å². The van der Waals surface area contributed by atoms with Crippen molar-refractivity contribution in [3.05, 3.63) is 94.6 Å². The molecule has 0 unspecified atom stereocenters. The van der Waals surface area contributed by atoms with Crippen LogP contribution in [0, 0.1) is 19.7 Å². The quantitative estimate of drug-likeness (QED) is 0.705. The van der Waals surface area contributed by atoms with Crippen LogP contribution >= 0.6 is 0 Å². The second-order valence-electron chi connectivity index (χ2n) is 6.48. The summed E-state index contributed by atoms with van der Waals surface area (Å²) in [4.78, 5) is 28.9. The molecule has 0 saturated carbocycles. The topological polar surface area (TPSA) is 71.1 Å². The molecule has 0 saturated heterocycles. The Morgan fingerprint density at radius 1 is 1.00 bits per heavy atom. The molecule has 2 aromatic carbocycles. The van der Waals surface area contributed by atoms with Crippen LogP contribution in [0.25, 0.3) is 0 Å². The molecule has 0 bridgehead atoms. The number of hydrogen-bond donors (Lipinski definition) is 2. The van der Waals surface area contributed by atoms with Crippen molar-refractivity contribution >= 4 is 17.5 Å². The maximum atomic E-state index is 13.7. The van der Waals surface area contributed by atoms with Crippen LogP contribution in [-0.2, 0) is 6.54 Å². The number of carbonyl (C=O) groups is 2. The van der Waals surface area contributed by atoms with E-state index in [4.69, 9.17) is 0 Å². The molecule has 3 aromatic rings. The second-order valence-corrected chi connectivity index (χ2v) is 6.48. The van der Waals surface area contributed by atoms with Gasteiger partial charge in [-0.3, -0.25) is 14.6 Å². The van der Waals surface area contributed by atoms with Crippen molar-refractivity contribution in [3.8, 4) is 0 Å². The number of pyridine rings is 1. The van der Waals surface area contributed by atoms with Gasteiger partial charge in [-0.1, -0.05) is 30.3 Å². The normalized spacial score (nSPS) is 10.4. The van der Waals surface area contributed by atoms with Gasteiger partial charge < -0.3 is 10.6 Å². The summed E-state index contributed by atoms with van der Waals surface area (Å²) in [7, 11) is 0. The first-order chi connectivity index (χ1) is 13.4. The molecule has 1 heterocycles. The van der Waals surface area contributed by atoms with Gasteiger partial charge in [-0.25, -0.2) is 4.39 Å². The van der Waals surface area contributed by atoms with E-state index in [2.05, 4.69) is 15.6 Å². The second kappa shape index (κ2) is 8.43. The SMILES string of the molecule is Cc1ccc(C)c(NC(=O)c2cc(C(=O)NCc3ccccc3F)ccn2)c1. The lowest BCUT2D eigenvalue weighted by Gasteiger charge is -2.10. The van der Waals surface area contributed by atoms with E-state index in [9.17, 15) is 14.0 Å². The summed E-state index contributed by atoms with van der Waals surface area (Å²) in [5.41, 5.74) is 3.43. The van der Waals surface area contributed by atoms with Crippen LogP contribution in [0.3, 0.4) is 0 Å². The minimum Gasteiger partial charge on any atom is -0.348 e. The molecule has 5 nitrogen and oxygen atoms in total. The van der Waals surface area contributed by atoms with Gasteiger partial charge in [0.15, 0.2) is 0 Å². The maximum Gasteiger partial charge on any atom is 0.274 e. The highest BCUT2D eigenvalue weighted by Crippen LogP contribution is 2.17. The van der Waals surface area contributed by atoms with Gasteiger partial charge >= 0.3 is 0 Å². The number of nitrogens with one attached hydrogen (secondary N) is 2. The molecular weight excluding hydrogens is 357 g/mol. The largest absolute Gasteiger partial charge is 0.348 e. The fraction of sp³-hybridized carbons (Fsp3) is 0.136. The van der Waals surface area contributed by atoms with E-state index < -0.39 is 11.8 Å². The number of benzene rings is 2. The van der Waals surface area contributed by atoms with Crippen molar-refractivity contribution in [3.63, 3.8) is 0 Å². The predicted molar refractivity (Wildman–Crippen MR) is 106 cm³/mol. The Bertz CT molecular complexity index is 1030. The summed E-state index contributed by atoms with van der Waals surface area (Å²) in [6.07, 6.45) is 1.40. The number of aromatic nitrogens is 1. The molecule has 2 N–H and O–H groups in total. The lowest BCUT2D eigenvalue weighted by molar-refractivity contribution is 0.0950. The highest BCUT2D eigenvalue weighted by Gasteiger charge is 2.13. The maximum absolute atomic E-state index is 13.7. The molecule has 0 fully saturated rings. The van der Waals surface area contributed by atoms with Gasteiger partial charge in [0.05, 0.1) is 0 Å². The van der Waals surface area contributed by atoms with Crippen LogP contribution in [0.1, 0.15) is 37.5 Å². The van der Waals surface area contributed by atoms with Crippen molar-refractivity contribution in [2.45, 2.75) is 20.4 Å². The van der Waals surface area contributed by atoms with Crippen LogP contribution in [0.5, 0.6) is 0 Å². The van der Waals surface area contributed by atoms with Crippen molar-refractivity contribution in [2.75, 3.05) is 5.32 Å². The average molecular weight is 377 g/mol. The number of nitrogens with zero attached hydrogens (tertiary/aromatic N) is 1. The van der Waals surface area contributed by atoms with Crippen LogP contribution in [0.4, 0.5) is 10.1 Å². The summed E-state index contributed by atoms with van der Waals surface area (Å²) in [6.45, 7) is 3.89. The standard InChI is InChI=1S/C22H20FN3O2/c1-14-7-8-15(2)19(11-14)26-22(28)20-12-16(9-10-24-20)21(27)25-13-17-5-3-4-6-18(17)23/h3-12H,13H2,1-2H3,(H,25,27)(H,26,28). The molecule has 0 aliphatic heterocycles. The van der Waals surface area contributed by atoms with E-state index in [-0.39, 0.29) is 23.6 Å². The number of carbonyl (C=O) groups excluding carboxylic acids is 2. The van der Waals surface area contributed by atoms with Gasteiger partial charge in [-0.2, -0.15) is 0 Å². The number of aryl methyl sites for hydroxylation is 2. The summed E-state index contributed by atoms with van der Waals surface area (Å²) in [5, 5.41) is 5.47. The van der Waals surface area contributed by atoms with Gasteiger partial charge in [0.1, 0.15) is 11.5 Å². The lowest BCUT2D eigenvalue weighted by Crippen LogP contribution is -2.24.